The van der Waals surface area contributed by atoms with Crippen LogP contribution in [0.1, 0.15) is 36.4 Å². The van der Waals surface area contributed by atoms with E-state index in [2.05, 4.69) is 25.9 Å². The predicted octanol–water partition coefficient (Wildman–Crippen LogP) is 1.79. The van der Waals surface area contributed by atoms with Crippen LogP contribution in [0, 0.1) is 0 Å². The molecule has 0 spiro atoms. The summed E-state index contributed by atoms with van der Waals surface area (Å²) in [6, 6.07) is 0. The van der Waals surface area contributed by atoms with E-state index in [4.69, 9.17) is 15.2 Å². The van der Waals surface area contributed by atoms with Crippen molar-refractivity contribution in [2.75, 3.05) is 25.6 Å². The summed E-state index contributed by atoms with van der Waals surface area (Å²) < 4.78 is 11.8. The number of hydrogen-bond donors (Lipinski definition) is 1. The summed E-state index contributed by atoms with van der Waals surface area (Å²) in [5.74, 6) is 1.66. The van der Waals surface area contributed by atoms with Crippen LogP contribution in [0.25, 0.3) is 0 Å². The molecule has 0 bridgehead atoms. The van der Waals surface area contributed by atoms with Crippen molar-refractivity contribution in [1.29, 1.82) is 0 Å². The van der Waals surface area contributed by atoms with Gasteiger partial charge in [-0.05, 0) is 28.8 Å². The number of nitrogens with zero attached hydrogens (tertiary/aromatic N) is 2. The lowest BCUT2D eigenvalue weighted by molar-refractivity contribution is -0.0935. The molecule has 2 N–H and O–H groups in total. The van der Waals surface area contributed by atoms with E-state index in [1.807, 2.05) is 0 Å². The van der Waals surface area contributed by atoms with Crippen LogP contribution in [-0.4, -0.2) is 29.8 Å². The second-order valence-corrected chi connectivity index (χ2v) is 5.17. The fourth-order valence-corrected chi connectivity index (χ4v) is 2.41. The lowest BCUT2D eigenvalue weighted by atomic mass is 10.2. The molecule has 2 aliphatic rings. The molecule has 1 aliphatic carbocycles. The molecule has 1 aromatic rings. The first-order valence-electron chi connectivity index (χ1n) is 5.78. The van der Waals surface area contributed by atoms with Crippen LogP contribution >= 0.6 is 15.9 Å². The molecule has 6 heteroatoms. The van der Waals surface area contributed by atoms with Gasteiger partial charge < -0.3 is 15.2 Å². The van der Waals surface area contributed by atoms with Gasteiger partial charge in [-0.25, -0.2) is 9.97 Å². The van der Waals surface area contributed by atoms with Gasteiger partial charge in [0.2, 0.25) is 0 Å². The summed E-state index contributed by atoms with van der Waals surface area (Å²) in [6.07, 6.45) is 2.17. The number of rotatable bonds is 2. The lowest BCUT2D eigenvalue weighted by Crippen LogP contribution is -2.24. The van der Waals surface area contributed by atoms with E-state index in [0.717, 1.165) is 10.2 Å². The molecular weight excluding hydrogens is 286 g/mol. The molecule has 1 atom stereocenters. The van der Waals surface area contributed by atoms with Gasteiger partial charge in [0.05, 0.1) is 30.0 Å². The third-order valence-corrected chi connectivity index (χ3v) is 3.80. The maximum absolute atomic E-state index is 5.90. The molecule has 17 heavy (non-hydrogen) atoms. The monoisotopic (exact) mass is 299 g/mol. The highest BCUT2D eigenvalue weighted by molar-refractivity contribution is 9.10. The normalized spacial score (nSPS) is 24.9. The first kappa shape index (κ1) is 11.4. The zero-order valence-electron chi connectivity index (χ0n) is 9.36. The fourth-order valence-electron chi connectivity index (χ4n) is 1.91. The van der Waals surface area contributed by atoms with Gasteiger partial charge >= 0.3 is 0 Å². The number of nitrogens with two attached hydrogens (primary N) is 1. The Bertz CT molecular complexity index is 431. The zero-order chi connectivity index (χ0) is 11.8. The highest BCUT2D eigenvalue weighted by Gasteiger charge is 2.30. The zero-order valence-corrected chi connectivity index (χ0v) is 10.9. The first-order valence-corrected chi connectivity index (χ1v) is 6.57. The molecule has 3 rings (SSSR count). The third-order valence-electron chi connectivity index (χ3n) is 2.99. The van der Waals surface area contributed by atoms with E-state index in [1.165, 1.54) is 12.8 Å². The van der Waals surface area contributed by atoms with Gasteiger partial charge in [-0.3, -0.25) is 0 Å². The second kappa shape index (κ2) is 4.51. The van der Waals surface area contributed by atoms with Crippen molar-refractivity contribution >= 4 is 21.7 Å². The van der Waals surface area contributed by atoms with E-state index in [-0.39, 0.29) is 6.10 Å². The van der Waals surface area contributed by atoms with Crippen LogP contribution in [0.5, 0.6) is 0 Å². The first-order chi connectivity index (χ1) is 8.25. The Balaban J connectivity index is 1.93. The van der Waals surface area contributed by atoms with Crippen LogP contribution in [0.4, 0.5) is 5.82 Å². The molecule has 0 radical (unpaired) electrons. The van der Waals surface area contributed by atoms with Gasteiger partial charge in [-0.1, -0.05) is 0 Å². The van der Waals surface area contributed by atoms with Gasteiger partial charge in [-0.2, -0.15) is 0 Å². The van der Waals surface area contributed by atoms with Crippen molar-refractivity contribution in [2.45, 2.75) is 24.9 Å². The molecular formula is C11H14BrN3O2. The minimum Gasteiger partial charge on any atom is -0.383 e. The van der Waals surface area contributed by atoms with Gasteiger partial charge in [0.15, 0.2) is 5.82 Å². The Labute approximate surface area is 108 Å². The minimum absolute atomic E-state index is 0.184. The smallest absolute Gasteiger partial charge is 0.162 e. The van der Waals surface area contributed by atoms with E-state index >= 15 is 0 Å². The number of aromatic nitrogens is 2. The van der Waals surface area contributed by atoms with E-state index in [9.17, 15) is 0 Å². The van der Waals surface area contributed by atoms with Crippen LogP contribution < -0.4 is 5.73 Å². The molecule has 1 aliphatic heterocycles. The number of halogens is 1. The van der Waals surface area contributed by atoms with Crippen molar-refractivity contribution in [2.24, 2.45) is 0 Å². The quantitative estimate of drug-likeness (QED) is 0.901. The van der Waals surface area contributed by atoms with Crippen LogP contribution in [-0.2, 0) is 9.47 Å². The maximum atomic E-state index is 5.90. The molecule has 2 heterocycles. The van der Waals surface area contributed by atoms with Crippen molar-refractivity contribution in [3.63, 3.8) is 0 Å². The largest absolute Gasteiger partial charge is 0.383 e. The Kier molecular flexibility index (Phi) is 3.02. The molecule has 0 aromatic carbocycles. The van der Waals surface area contributed by atoms with Gasteiger partial charge in [0.1, 0.15) is 11.9 Å². The van der Waals surface area contributed by atoms with Crippen LogP contribution in [0.15, 0.2) is 4.47 Å². The highest BCUT2D eigenvalue weighted by atomic mass is 79.9. The van der Waals surface area contributed by atoms with E-state index in [0.29, 0.717) is 37.4 Å². The predicted molar refractivity (Wildman–Crippen MR) is 65.6 cm³/mol. The summed E-state index contributed by atoms with van der Waals surface area (Å²) in [5, 5.41) is 0. The number of nitrogen functional groups attached to an aromatic ring is 1. The van der Waals surface area contributed by atoms with E-state index in [1.54, 1.807) is 0 Å². The molecule has 1 aromatic heterocycles. The molecule has 1 saturated carbocycles. The Morgan fingerprint density at radius 1 is 1.24 bits per heavy atom. The Morgan fingerprint density at radius 3 is 2.71 bits per heavy atom. The molecule has 92 valence electrons. The summed E-state index contributed by atoms with van der Waals surface area (Å²) >= 11 is 3.46. The van der Waals surface area contributed by atoms with Crippen molar-refractivity contribution < 1.29 is 9.47 Å². The van der Waals surface area contributed by atoms with Crippen LogP contribution in [0.2, 0.25) is 0 Å². The van der Waals surface area contributed by atoms with Crippen molar-refractivity contribution in [1.82, 2.24) is 9.97 Å². The van der Waals surface area contributed by atoms with E-state index < -0.39 is 0 Å². The number of hydrogen-bond acceptors (Lipinski definition) is 5. The maximum Gasteiger partial charge on any atom is 0.162 e. The highest BCUT2D eigenvalue weighted by Crippen LogP contribution is 2.43. The summed E-state index contributed by atoms with van der Waals surface area (Å²) in [5.41, 5.74) is 6.91. The standard InChI is InChI=1S/C11H14BrN3O2/c12-8-9(6-1-2-6)14-11(15-10(8)13)7-5-16-3-4-17-7/h6-7H,1-5H2,(H2,13,14,15). The van der Waals surface area contributed by atoms with Crippen molar-refractivity contribution in [3.05, 3.63) is 16.0 Å². The average Bonchev–Trinajstić information content (AvgIpc) is 3.18. The van der Waals surface area contributed by atoms with Crippen molar-refractivity contribution in [3.8, 4) is 0 Å². The Hall–Kier alpha value is -0.720. The van der Waals surface area contributed by atoms with Gasteiger partial charge in [-0.15, -0.1) is 0 Å². The summed E-state index contributed by atoms with van der Waals surface area (Å²) in [7, 11) is 0. The van der Waals surface area contributed by atoms with Crippen LogP contribution in [0.3, 0.4) is 0 Å². The molecule has 1 saturated heterocycles. The fraction of sp³-hybridized carbons (Fsp3) is 0.636. The Morgan fingerprint density at radius 2 is 2.06 bits per heavy atom. The molecule has 0 amide bonds. The number of anilines is 1. The third kappa shape index (κ3) is 2.29. The van der Waals surface area contributed by atoms with Gasteiger partial charge in [0.25, 0.3) is 0 Å². The molecule has 2 fully saturated rings. The minimum atomic E-state index is -0.184. The second-order valence-electron chi connectivity index (χ2n) is 4.37. The van der Waals surface area contributed by atoms with Gasteiger partial charge in [0, 0.05) is 5.92 Å². The summed E-state index contributed by atoms with van der Waals surface area (Å²) in [6.45, 7) is 1.73. The summed E-state index contributed by atoms with van der Waals surface area (Å²) in [4.78, 5) is 8.86. The average molecular weight is 300 g/mol. The molecule has 1 unspecified atom stereocenters. The SMILES string of the molecule is Nc1nc(C2COCCO2)nc(C2CC2)c1Br. The number of ether oxygens (including phenoxy) is 2. The lowest BCUT2D eigenvalue weighted by Gasteiger charge is -2.22. The topological polar surface area (TPSA) is 70.3 Å². The molecule has 5 nitrogen and oxygen atoms in total.